The second-order valence-electron chi connectivity index (χ2n) is 4.19. The average molecular weight is 234 g/mol. The van der Waals surface area contributed by atoms with E-state index < -0.39 is 9.84 Å². The smallest absolute Gasteiger partial charge is 0.223 e. The molecule has 3 N–H and O–H groups in total. The van der Waals surface area contributed by atoms with Crippen LogP contribution >= 0.6 is 0 Å². The fourth-order valence-electron chi connectivity index (χ4n) is 1.76. The highest BCUT2D eigenvalue weighted by Crippen LogP contribution is 2.23. The van der Waals surface area contributed by atoms with Crippen LogP contribution in [0.2, 0.25) is 0 Å². The summed E-state index contributed by atoms with van der Waals surface area (Å²) in [6.45, 7) is 0.198. The van der Waals surface area contributed by atoms with Gasteiger partial charge in [0.25, 0.3) is 0 Å². The van der Waals surface area contributed by atoms with Crippen LogP contribution < -0.4 is 11.1 Å². The molecule has 5 nitrogen and oxygen atoms in total. The van der Waals surface area contributed by atoms with Crippen LogP contribution in [0.3, 0.4) is 0 Å². The lowest BCUT2D eigenvalue weighted by Crippen LogP contribution is -2.33. The molecule has 2 unspecified atom stereocenters. The molecule has 1 aliphatic rings. The Kier molecular flexibility index (Phi) is 4.10. The summed E-state index contributed by atoms with van der Waals surface area (Å²) in [5.74, 6) is -0.0940. The van der Waals surface area contributed by atoms with Gasteiger partial charge in [-0.3, -0.25) is 4.79 Å². The summed E-state index contributed by atoms with van der Waals surface area (Å²) in [5.41, 5.74) is 5.68. The van der Waals surface area contributed by atoms with Crippen LogP contribution in [0.25, 0.3) is 0 Å². The van der Waals surface area contributed by atoms with Crippen molar-refractivity contribution in [3.63, 3.8) is 0 Å². The van der Waals surface area contributed by atoms with Crippen molar-refractivity contribution < 1.29 is 13.2 Å². The normalized spacial score (nSPS) is 26.5. The van der Waals surface area contributed by atoms with Crippen molar-refractivity contribution in [2.24, 2.45) is 11.7 Å². The lowest BCUT2D eigenvalue weighted by Gasteiger charge is -2.09. The van der Waals surface area contributed by atoms with Gasteiger partial charge in [-0.05, 0) is 19.3 Å². The SMILES string of the molecule is CS(=O)(=O)CCNC(=O)C1CCC(N)C1. The van der Waals surface area contributed by atoms with Crippen LogP contribution in [-0.2, 0) is 14.6 Å². The van der Waals surface area contributed by atoms with E-state index in [-0.39, 0.29) is 30.2 Å². The Morgan fingerprint density at radius 3 is 2.60 bits per heavy atom. The van der Waals surface area contributed by atoms with Crippen molar-refractivity contribution in [3.8, 4) is 0 Å². The summed E-state index contributed by atoms with van der Waals surface area (Å²) in [5, 5.41) is 2.63. The third kappa shape index (κ3) is 4.61. The maximum atomic E-state index is 11.5. The first-order valence-electron chi connectivity index (χ1n) is 5.09. The molecule has 2 atom stereocenters. The van der Waals surface area contributed by atoms with Crippen LogP contribution in [-0.4, -0.2) is 38.9 Å². The van der Waals surface area contributed by atoms with Crippen molar-refractivity contribution in [2.75, 3.05) is 18.6 Å². The molecule has 0 spiro atoms. The molecule has 15 heavy (non-hydrogen) atoms. The summed E-state index contributed by atoms with van der Waals surface area (Å²) in [6.07, 6.45) is 3.56. The monoisotopic (exact) mass is 234 g/mol. The Morgan fingerprint density at radius 1 is 1.47 bits per heavy atom. The van der Waals surface area contributed by atoms with Crippen LogP contribution in [0, 0.1) is 5.92 Å². The molecule has 0 aromatic heterocycles. The van der Waals surface area contributed by atoms with Crippen molar-refractivity contribution in [1.29, 1.82) is 0 Å². The number of carbonyl (C=O) groups is 1. The summed E-state index contributed by atoms with van der Waals surface area (Å²) in [7, 11) is -2.99. The van der Waals surface area contributed by atoms with Crippen LogP contribution in [0.15, 0.2) is 0 Å². The molecule has 6 heteroatoms. The largest absolute Gasteiger partial charge is 0.355 e. The van der Waals surface area contributed by atoms with Crippen LogP contribution in [0.1, 0.15) is 19.3 Å². The number of rotatable bonds is 4. The fourth-order valence-corrected chi connectivity index (χ4v) is 2.23. The summed E-state index contributed by atoms with van der Waals surface area (Å²) in [6, 6.07) is 0.121. The minimum atomic E-state index is -2.99. The summed E-state index contributed by atoms with van der Waals surface area (Å²) < 4.78 is 21.6. The van der Waals surface area contributed by atoms with Gasteiger partial charge in [-0.2, -0.15) is 0 Å². The Bertz CT molecular complexity index is 326. The predicted molar refractivity (Wildman–Crippen MR) is 58.0 cm³/mol. The Labute approximate surface area is 90.3 Å². The van der Waals surface area contributed by atoms with Gasteiger partial charge in [-0.15, -0.1) is 0 Å². The maximum absolute atomic E-state index is 11.5. The first-order valence-corrected chi connectivity index (χ1v) is 7.15. The van der Waals surface area contributed by atoms with Crippen LogP contribution in [0.5, 0.6) is 0 Å². The molecule has 0 aliphatic heterocycles. The number of nitrogens with two attached hydrogens (primary N) is 1. The van der Waals surface area contributed by atoms with Gasteiger partial charge in [-0.25, -0.2) is 8.42 Å². The zero-order valence-corrected chi connectivity index (χ0v) is 9.72. The van der Waals surface area contributed by atoms with E-state index in [9.17, 15) is 13.2 Å². The lowest BCUT2D eigenvalue weighted by atomic mass is 10.1. The van der Waals surface area contributed by atoms with E-state index in [1.54, 1.807) is 0 Å². The highest BCUT2D eigenvalue weighted by atomic mass is 32.2. The highest BCUT2D eigenvalue weighted by Gasteiger charge is 2.27. The first-order chi connectivity index (χ1) is 6.88. The molecule has 0 saturated heterocycles. The van der Waals surface area contributed by atoms with Gasteiger partial charge in [0.2, 0.25) is 5.91 Å². The van der Waals surface area contributed by atoms with Gasteiger partial charge in [0.15, 0.2) is 0 Å². The third-order valence-corrected chi connectivity index (χ3v) is 3.56. The number of amides is 1. The first kappa shape index (κ1) is 12.4. The summed E-state index contributed by atoms with van der Waals surface area (Å²) >= 11 is 0. The second kappa shape index (κ2) is 4.94. The average Bonchev–Trinajstić information content (AvgIpc) is 2.49. The summed E-state index contributed by atoms with van der Waals surface area (Å²) in [4.78, 5) is 11.5. The standard InChI is InChI=1S/C9H18N2O3S/c1-15(13,14)5-4-11-9(12)7-2-3-8(10)6-7/h7-8H,2-6,10H2,1H3,(H,11,12). The molecule has 0 radical (unpaired) electrons. The minimum Gasteiger partial charge on any atom is -0.355 e. The van der Waals surface area contributed by atoms with E-state index in [0.717, 1.165) is 19.1 Å². The van der Waals surface area contributed by atoms with E-state index in [2.05, 4.69) is 5.32 Å². The van der Waals surface area contributed by atoms with Crippen molar-refractivity contribution >= 4 is 15.7 Å². The molecular weight excluding hydrogens is 216 g/mol. The topological polar surface area (TPSA) is 89.3 Å². The van der Waals surface area contributed by atoms with Gasteiger partial charge in [0.1, 0.15) is 9.84 Å². The van der Waals surface area contributed by atoms with Gasteiger partial charge < -0.3 is 11.1 Å². The van der Waals surface area contributed by atoms with Crippen molar-refractivity contribution in [2.45, 2.75) is 25.3 Å². The van der Waals surface area contributed by atoms with E-state index in [4.69, 9.17) is 5.73 Å². The van der Waals surface area contributed by atoms with Gasteiger partial charge >= 0.3 is 0 Å². The lowest BCUT2D eigenvalue weighted by molar-refractivity contribution is -0.124. The fraction of sp³-hybridized carbons (Fsp3) is 0.889. The second-order valence-corrected chi connectivity index (χ2v) is 6.45. The molecule has 1 amide bonds. The predicted octanol–water partition coefficient (Wildman–Crippen LogP) is -0.725. The van der Waals surface area contributed by atoms with E-state index >= 15 is 0 Å². The number of hydrogen-bond donors (Lipinski definition) is 2. The van der Waals surface area contributed by atoms with Crippen molar-refractivity contribution in [1.82, 2.24) is 5.32 Å². The van der Waals surface area contributed by atoms with Gasteiger partial charge in [-0.1, -0.05) is 0 Å². The highest BCUT2D eigenvalue weighted by molar-refractivity contribution is 7.90. The number of nitrogens with one attached hydrogen (secondary N) is 1. The third-order valence-electron chi connectivity index (χ3n) is 2.62. The zero-order chi connectivity index (χ0) is 11.5. The van der Waals surface area contributed by atoms with Gasteiger partial charge in [0, 0.05) is 24.8 Å². The van der Waals surface area contributed by atoms with Crippen LogP contribution in [0.4, 0.5) is 0 Å². The van der Waals surface area contributed by atoms with E-state index in [1.807, 2.05) is 0 Å². The van der Waals surface area contributed by atoms with Crippen molar-refractivity contribution in [3.05, 3.63) is 0 Å². The maximum Gasteiger partial charge on any atom is 0.223 e. The molecule has 1 fully saturated rings. The molecule has 0 aromatic carbocycles. The van der Waals surface area contributed by atoms with Gasteiger partial charge in [0.05, 0.1) is 5.75 Å². The molecule has 88 valence electrons. The molecule has 1 rings (SSSR count). The Morgan fingerprint density at radius 2 is 2.13 bits per heavy atom. The Balaban J connectivity index is 2.25. The number of sulfone groups is 1. The molecule has 0 bridgehead atoms. The quantitative estimate of drug-likeness (QED) is 0.671. The molecule has 0 aromatic rings. The Hall–Kier alpha value is -0.620. The zero-order valence-electron chi connectivity index (χ0n) is 8.90. The number of carbonyl (C=O) groups excluding carboxylic acids is 1. The van der Waals surface area contributed by atoms with E-state index in [0.29, 0.717) is 6.42 Å². The molecule has 1 saturated carbocycles. The number of hydrogen-bond acceptors (Lipinski definition) is 4. The molecule has 0 heterocycles. The minimum absolute atomic E-state index is 0.00247. The molecular formula is C9H18N2O3S. The molecule has 1 aliphatic carbocycles. The van der Waals surface area contributed by atoms with E-state index in [1.165, 1.54) is 0 Å².